The molecule has 1 aromatic rings. The zero-order valence-electron chi connectivity index (χ0n) is 12.2. The van der Waals surface area contributed by atoms with E-state index < -0.39 is 0 Å². The van der Waals surface area contributed by atoms with Gasteiger partial charge in [-0.25, -0.2) is 0 Å². The molecule has 0 radical (unpaired) electrons. The number of aromatic nitrogens is 3. The summed E-state index contributed by atoms with van der Waals surface area (Å²) >= 11 is 0. The largest absolute Gasteiger partial charge is 0.354 e. The molecule has 0 atom stereocenters. The van der Waals surface area contributed by atoms with Crippen LogP contribution in [0.2, 0.25) is 0 Å². The Morgan fingerprint density at radius 1 is 1.05 bits per heavy atom. The van der Waals surface area contributed by atoms with E-state index in [0.29, 0.717) is 11.9 Å². The lowest BCUT2D eigenvalue weighted by atomic mass is 10.2. The molecule has 0 unspecified atom stereocenters. The molecule has 0 amide bonds. The monoisotopic (exact) mass is 264 g/mol. The lowest BCUT2D eigenvalue weighted by molar-refractivity contribution is 0.726. The molecule has 106 valence electrons. The first-order valence-corrected chi connectivity index (χ1v) is 7.13. The predicted molar refractivity (Wildman–Crippen MR) is 79.0 cm³/mol. The molecule has 1 fully saturated rings. The maximum atomic E-state index is 4.57. The zero-order valence-corrected chi connectivity index (χ0v) is 12.2. The minimum Gasteiger partial charge on any atom is -0.354 e. The number of nitrogens with one attached hydrogen (secondary N) is 1. The van der Waals surface area contributed by atoms with Crippen LogP contribution in [0.3, 0.4) is 0 Å². The summed E-state index contributed by atoms with van der Waals surface area (Å²) in [6.07, 6.45) is 5.06. The third kappa shape index (κ3) is 3.68. The summed E-state index contributed by atoms with van der Waals surface area (Å²) in [5.74, 6) is 2.18. The van der Waals surface area contributed by atoms with Crippen molar-refractivity contribution in [3.63, 3.8) is 0 Å². The van der Waals surface area contributed by atoms with Gasteiger partial charge in [-0.05, 0) is 19.8 Å². The highest BCUT2D eigenvalue weighted by Gasteiger charge is 2.15. The standard InChI is InChI=1S/C13H24N6/c1-4-14-11-15-12(18(2)3)17-13(16-11)19-9-7-5-6-8-10-19/h4-10H2,1-3H3,(H,14,15,16,17). The van der Waals surface area contributed by atoms with Gasteiger partial charge in [-0.15, -0.1) is 0 Å². The highest BCUT2D eigenvalue weighted by molar-refractivity contribution is 5.44. The molecular formula is C13H24N6. The van der Waals surface area contributed by atoms with Crippen LogP contribution >= 0.6 is 0 Å². The number of rotatable bonds is 4. The lowest BCUT2D eigenvalue weighted by Crippen LogP contribution is -2.28. The maximum Gasteiger partial charge on any atom is 0.231 e. The number of hydrogen-bond acceptors (Lipinski definition) is 6. The molecule has 0 spiro atoms. The van der Waals surface area contributed by atoms with Crippen molar-refractivity contribution in [1.82, 2.24) is 15.0 Å². The molecule has 19 heavy (non-hydrogen) atoms. The molecule has 0 bridgehead atoms. The molecule has 1 aliphatic rings. The van der Waals surface area contributed by atoms with E-state index in [1.807, 2.05) is 25.9 Å². The molecule has 1 saturated heterocycles. The van der Waals surface area contributed by atoms with E-state index >= 15 is 0 Å². The van der Waals surface area contributed by atoms with Crippen LogP contribution in [-0.4, -0.2) is 48.7 Å². The van der Waals surface area contributed by atoms with Crippen LogP contribution in [0.25, 0.3) is 0 Å². The fourth-order valence-corrected chi connectivity index (χ4v) is 2.20. The summed E-state index contributed by atoms with van der Waals surface area (Å²) in [4.78, 5) is 17.7. The van der Waals surface area contributed by atoms with E-state index in [1.54, 1.807) is 0 Å². The number of hydrogen-bond donors (Lipinski definition) is 1. The minimum atomic E-state index is 0.667. The van der Waals surface area contributed by atoms with Crippen molar-refractivity contribution < 1.29 is 0 Å². The number of nitrogens with zero attached hydrogens (tertiary/aromatic N) is 5. The molecule has 0 aliphatic carbocycles. The molecule has 0 aromatic carbocycles. The second kappa shape index (κ2) is 6.54. The maximum absolute atomic E-state index is 4.57. The Hall–Kier alpha value is -1.59. The summed E-state index contributed by atoms with van der Waals surface area (Å²) in [7, 11) is 3.91. The van der Waals surface area contributed by atoms with Gasteiger partial charge in [-0.2, -0.15) is 15.0 Å². The average Bonchev–Trinajstić information content (AvgIpc) is 2.67. The van der Waals surface area contributed by atoms with Gasteiger partial charge in [0, 0.05) is 33.7 Å². The molecule has 2 rings (SSSR count). The first-order chi connectivity index (χ1) is 9.20. The van der Waals surface area contributed by atoms with E-state index in [0.717, 1.165) is 25.6 Å². The van der Waals surface area contributed by atoms with Crippen LogP contribution in [0.4, 0.5) is 17.8 Å². The molecule has 1 aromatic heterocycles. The Bertz CT molecular complexity index is 398. The Kier molecular flexibility index (Phi) is 4.76. The Morgan fingerprint density at radius 2 is 1.74 bits per heavy atom. The Balaban J connectivity index is 2.26. The van der Waals surface area contributed by atoms with Gasteiger partial charge < -0.3 is 15.1 Å². The van der Waals surface area contributed by atoms with Gasteiger partial charge in [0.25, 0.3) is 0 Å². The quantitative estimate of drug-likeness (QED) is 0.894. The summed E-state index contributed by atoms with van der Waals surface area (Å²) < 4.78 is 0. The van der Waals surface area contributed by atoms with Gasteiger partial charge in [-0.3, -0.25) is 0 Å². The van der Waals surface area contributed by atoms with E-state index in [4.69, 9.17) is 0 Å². The summed E-state index contributed by atoms with van der Waals surface area (Å²) in [5.41, 5.74) is 0. The Labute approximate surface area is 115 Å². The third-order valence-electron chi connectivity index (χ3n) is 3.24. The second-order valence-electron chi connectivity index (χ2n) is 5.09. The summed E-state index contributed by atoms with van der Waals surface area (Å²) in [5, 5.41) is 3.18. The van der Waals surface area contributed by atoms with Crippen LogP contribution in [0.15, 0.2) is 0 Å². The first-order valence-electron chi connectivity index (χ1n) is 7.13. The van der Waals surface area contributed by atoms with Crippen molar-refractivity contribution in [2.24, 2.45) is 0 Å². The fourth-order valence-electron chi connectivity index (χ4n) is 2.20. The van der Waals surface area contributed by atoms with E-state index in [2.05, 4.69) is 25.2 Å². The molecule has 1 aliphatic heterocycles. The van der Waals surface area contributed by atoms with Crippen LogP contribution in [0.5, 0.6) is 0 Å². The first kappa shape index (κ1) is 13.8. The van der Waals surface area contributed by atoms with Crippen LogP contribution < -0.4 is 15.1 Å². The van der Waals surface area contributed by atoms with E-state index in [1.165, 1.54) is 25.7 Å². The second-order valence-corrected chi connectivity index (χ2v) is 5.09. The summed E-state index contributed by atoms with van der Waals surface area (Å²) in [6.45, 7) is 4.95. The van der Waals surface area contributed by atoms with E-state index in [-0.39, 0.29) is 0 Å². The average molecular weight is 264 g/mol. The molecular weight excluding hydrogens is 240 g/mol. The van der Waals surface area contributed by atoms with Crippen molar-refractivity contribution in [3.05, 3.63) is 0 Å². The third-order valence-corrected chi connectivity index (χ3v) is 3.24. The fraction of sp³-hybridized carbons (Fsp3) is 0.769. The summed E-state index contributed by atoms with van der Waals surface area (Å²) in [6, 6.07) is 0. The topological polar surface area (TPSA) is 57.2 Å². The smallest absolute Gasteiger partial charge is 0.231 e. The zero-order chi connectivity index (χ0) is 13.7. The lowest BCUT2D eigenvalue weighted by Gasteiger charge is -2.22. The van der Waals surface area contributed by atoms with Crippen molar-refractivity contribution in [2.45, 2.75) is 32.6 Å². The van der Waals surface area contributed by atoms with Gasteiger partial charge >= 0.3 is 0 Å². The van der Waals surface area contributed by atoms with Crippen molar-refractivity contribution >= 4 is 17.8 Å². The SMILES string of the molecule is CCNc1nc(N(C)C)nc(N2CCCCCC2)n1. The molecule has 0 saturated carbocycles. The highest BCUT2D eigenvalue weighted by Crippen LogP contribution is 2.19. The van der Waals surface area contributed by atoms with Gasteiger partial charge in [0.05, 0.1) is 0 Å². The van der Waals surface area contributed by atoms with Gasteiger partial charge in [-0.1, -0.05) is 12.8 Å². The Morgan fingerprint density at radius 3 is 2.32 bits per heavy atom. The van der Waals surface area contributed by atoms with Crippen molar-refractivity contribution in [1.29, 1.82) is 0 Å². The van der Waals surface area contributed by atoms with Crippen LogP contribution in [0, 0.1) is 0 Å². The van der Waals surface area contributed by atoms with Gasteiger partial charge in [0.2, 0.25) is 17.8 Å². The normalized spacial score (nSPS) is 16.1. The van der Waals surface area contributed by atoms with Crippen LogP contribution in [-0.2, 0) is 0 Å². The number of anilines is 3. The van der Waals surface area contributed by atoms with Crippen molar-refractivity contribution in [3.8, 4) is 0 Å². The minimum absolute atomic E-state index is 0.667. The van der Waals surface area contributed by atoms with Gasteiger partial charge in [0.1, 0.15) is 0 Å². The van der Waals surface area contributed by atoms with E-state index in [9.17, 15) is 0 Å². The van der Waals surface area contributed by atoms with Crippen LogP contribution in [0.1, 0.15) is 32.6 Å². The predicted octanol–water partition coefficient (Wildman–Crippen LogP) is 1.75. The van der Waals surface area contributed by atoms with Crippen molar-refractivity contribution in [2.75, 3.05) is 48.8 Å². The molecule has 6 nitrogen and oxygen atoms in total. The molecule has 1 N–H and O–H groups in total. The highest BCUT2D eigenvalue weighted by atomic mass is 15.3. The molecule has 2 heterocycles. The van der Waals surface area contributed by atoms with Gasteiger partial charge in [0.15, 0.2) is 0 Å². The molecule has 6 heteroatoms.